The highest BCUT2D eigenvalue weighted by Gasteiger charge is 2.64. The molecule has 0 aromatic rings. The molecule has 5 heteroatoms. The molecule has 0 radical (unpaired) electrons. The van der Waals surface area contributed by atoms with E-state index in [9.17, 15) is 14.4 Å². The lowest BCUT2D eigenvalue weighted by molar-refractivity contribution is -0.180. The average molecular weight is 431 g/mol. The van der Waals surface area contributed by atoms with E-state index in [-0.39, 0.29) is 46.8 Å². The molecule has 0 aromatic heterocycles. The maximum atomic E-state index is 12.1. The van der Waals surface area contributed by atoms with Crippen molar-refractivity contribution in [2.45, 2.75) is 91.8 Å². The van der Waals surface area contributed by atoms with Crippen LogP contribution in [-0.2, 0) is 23.9 Å². The van der Waals surface area contributed by atoms with Crippen LogP contribution in [0.5, 0.6) is 0 Å². The fraction of sp³-hybridized carbons (Fsp3) is 0.808. The maximum Gasteiger partial charge on any atom is 0.302 e. The van der Waals surface area contributed by atoms with Gasteiger partial charge in [-0.05, 0) is 67.6 Å². The predicted molar refractivity (Wildman–Crippen MR) is 117 cm³/mol. The fourth-order valence-corrected chi connectivity index (χ4v) is 8.27. The van der Waals surface area contributed by atoms with Gasteiger partial charge in [-0.3, -0.25) is 9.59 Å². The van der Waals surface area contributed by atoms with E-state index < -0.39 is 0 Å². The van der Waals surface area contributed by atoms with Crippen molar-refractivity contribution in [1.29, 1.82) is 0 Å². The molecule has 31 heavy (non-hydrogen) atoms. The van der Waals surface area contributed by atoms with E-state index in [0.29, 0.717) is 17.8 Å². The average Bonchev–Trinajstić information content (AvgIpc) is 3.06. The van der Waals surface area contributed by atoms with Gasteiger partial charge < -0.3 is 14.3 Å². The smallest absolute Gasteiger partial charge is 0.302 e. The van der Waals surface area contributed by atoms with Crippen molar-refractivity contribution in [2.75, 3.05) is 0 Å². The van der Waals surface area contributed by atoms with E-state index in [1.807, 2.05) is 6.92 Å². The molecule has 0 heterocycles. The molecule has 4 aliphatic rings. The van der Waals surface area contributed by atoms with Crippen LogP contribution in [0.25, 0.3) is 0 Å². The van der Waals surface area contributed by atoms with Crippen LogP contribution in [0.4, 0.5) is 0 Å². The van der Waals surface area contributed by atoms with E-state index in [1.165, 1.54) is 19.4 Å². The van der Waals surface area contributed by atoms with Crippen LogP contribution >= 0.6 is 0 Å². The zero-order valence-electron chi connectivity index (χ0n) is 19.7. The van der Waals surface area contributed by atoms with Crippen LogP contribution in [0.2, 0.25) is 0 Å². The lowest BCUT2D eigenvalue weighted by Crippen LogP contribution is -2.57. The maximum absolute atomic E-state index is 12.1. The van der Waals surface area contributed by atoms with Crippen LogP contribution in [0.3, 0.4) is 0 Å². The summed E-state index contributed by atoms with van der Waals surface area (Å²) < 4.78 is 11.6. The molecule has 172 valence electrons. The first-order chi connectivity index (χ1) is 14.6. The molecule has 0 aromatic carbocycles. The van der Waals surface area contributed by atoms with Crippen molar-refractivity contribution >= 4 is 18.2 Å². The zero-order valence-corrected chi connectivity index (χ0v) is 19.7. The molecule has 1 unspecified atom stereocenters. The van der Waals surface area contributed by atoms with Gasteiger partial charge in [-0.25, -0.2) is 0 Å². The van der Waals surface area contributed by atoms with Gasteiger partial charge >= 0.3 is 11.9 Å². The molecule has 0 aliphatic heterocycles. The van der Waals surface area contributed by atoms with Gasteiger partial charge in [0.15, 0.2) is 0 Å². The summed E-state index contributed by atoms with van der Waals surface area (Å²) in [4.78, 5) is 35.3. The van der Waals surface area contributed by atoms with Gasteiger partial charge in [0.2, 0.25) is 0 Å². The third kappa shape index (κ3) is 3.56. The molecule has 0 N–H and O–H groups in total. The number of esters is 2. The number of carbonyl (C=O) groups is 3. The van der Waals surface area contributed by atoms with Crippen LogP contribution in [-0.4, -0.2) is 30.4 Å². The second kappa shape index (κ2) is 8.04. The Morgan fingerprint density at radius 3 is 2.45 bits per heavy atom. The summed E-state index contributed by atoms with van der Waals surface area (Å²) in [6, 6.07) is 0. The molecule has 4 rings (SSSR count). The summed E-state index contributed by atoms with van der Waals surface area (Å²) in [5.41, 5.74) is 1.34. The second-order valence-electron chi connectivity index (χ2n) is 11.1. The van der Waals surface area contributed by atoms with Gasteiger partial charge in [-0.2, -0.15) is 0 Å². The van der Waals surface area contributed by atoms with Crippen LogP contribution in [0, 0.1) is 40.4 Å². The van der Waals surface area contributed by atoms with E-state index in [0.717, 1.165) is 51.2 Å². The Labute approximate surface area is 186 Å². The van der Waals surface area contributed by atoms with Crippen LogP contribution < -0.4 is 0 Å². The second-order valence-corrected chi connectivity index (χ2v) is 11.1. The fourth-order valence-electron chi connectivity index (χ4n) is 8.27. The molecule has 0 spiro atoms. The normalized spacial score (nSPS) is 44.7. The molecule has 5 nitrogen and oxygen atoms in total. The van der Waals surface area contributed by atoms with Crippen molar-refractivity contribution in [1.82, 2.24) is 0 Å². The molecule has 3 saturated carbocycles. The molecular weight excluding hydrogens is 392 g/mol. The highest BCUT2D eigenvalue weighted by atomic mass is 16.5. The molecule has 4 aliphatic carbocycles. The summed E-state index contributed by atoms with van der Waals surface area (Å²) in [5, 5.41) is 0. The van der Waals surface area contributed by atoms with Gasteiger partial charge in [0.1, 0.15) is 18.5 Å². The van der Waals surface area contributed by atoms with Gasteiger partial charge in [0, 0.05) is 31.6 Å². The summed E-state index contributed by atoms with van der Waals surface area (Å²) in [7, 11) is 0. The number of carbonyl (C=O) groups excluding carboxylic acids is 3. The standard InChI is InChI=1S/C26H38O5/c1-15(14-27)21-8-9-22-20-7-6-18-12-19(30-16(2)28)10-11-25(18,4)23(20)13-24(26(21,22)5)31-17(3)29/h6,14-15,19-24H,7-13H2,1-5H3/t15-,19+,20+,21?,22+,23+,24-,25+,26-/m1/s1. The summed E-state index contributed by atoms with van der Waals surface area (Å²) in [5.74, 6) is 1.30. The quantitative estimate of drug-likeness (QED) is 0.361. The number of ether oxygens (including phenoxy) is 2. The Morgan fingerprint density at radius 1 is 1.10 bits per heavy atom. The molecular formula is C26H38O5. The Balaban J connectivity index is 1.67. The summed E-state index contributed by atoms with van der Waals surface area (Å²) in [6.45, 7) is 9.70. The van der Waals surface area contributed by atoms with Gasteiger partial charge in [0.05, 0.1) is 0 Å². The minimum Gasteiger partial charge on any atom is -0.462 e. The van der Waals surface area contributed by atoms with E-state index in [1.54, 1.807) is 0 Å². The van der Waals surface area contributed by atoms with Crippen LogP contribution in [0.1, 0.15) is 79.6 Å². The Kier molecular flexibility index (Phi) is 5.85. The van der Waals surface area contributed by atoms with Gasteiger partial charge in [-0.15, -0.1) is 0 Å². The minimum atomic E-state index is -0.219. The largest absolute Gasteiger partial charge is 0.462 e. The first-order valence-electron chi connectivity index (χ1n) is 12.1. The van der Waals surface area contributed by atoms with E-state index >= 15 is 0 Å². The highest BCUT2D eigenvalue weighted by Crippen LogP contribution is 2.67. The van der Waals surface area contributed by atoms with Crippen molar-refractivity contribution in [2.24, 2.45) is 40.4 Å². The van der Waals surface area contributed by atoms with E-state index in [4.69, 9.17) is 9.47 Å². The van der Waals surface area contributed by atoms with E-state index in [2.05, 4.69) is 19.9 Å². The first-order valence-corrected chi connectivity index (χ1v) is 12.1. The van der Waals surface area contributed by atoms with Crippen molar-refractivity contribution in [3.05, 3.63) is 11.6 Å². The Morgan fingerprint density at radius 2 is 1.81 bits per heavy atom. The zero-order chi connectivity index (χ0) is 22.6. The number of hydrogen-bond acceptors (Lipinski definition) is 5. The first kappa shape index (κ1) is 22.5. The number of fused-ring (bicyclic) bond motifs is 5. The summed E-state index contributed by atoms with van der Waals surface area (Å²) >= 11 is 0. The van der Waals surface area contributed by atoms with Crippen LogP contribution in [0.15, 0.2) is 11.6 Å². The number of allylic oxidation sites excluding steroid dienone is 1. The number of rotatable bonds is 4. The number of hydrogen-bond donors (Lipinski definition) is 0. The minimum absolute atomic E-state index is 0.0178. The molecule has 0 saturated heterocycles. The van der Waals surface area contributed by atoms with Crippen molar-refractivity contribution in [3.8, 4) is 0 Å². The highest BCUT2D eigenvalue weighted by molar-refractivity contribution is 5.66. The number of aldehydes is 1. The van der Waals surface area contributed by atoms with Crippen molar-refractivity contribution < 1.29 is 23.9 Å². The van der Waals surface area contributed by atoms with Gasteiger partial charge in [-0.1, -0.05) is 32.4 Å². The predicted octanol–water partition coefficient (Wildman–Crippen LogP) is 4.87. The SMILES string of the molecule is CC(=O)O[C@H]1CC[C@@]2(C)C(=CC[C@H]3[C@@H]4CCC([C@H](C)C=O)[C@@]4(C)[C@H](OC(C)=O)C[C@@H]32)C1. The topological polar surface area (TPSA) is 69.7 Å². The van der Waals surface area contributed by atoms with Crippen molar-refractivity contribution in [3.63, 3.8) is 0 Å². The Hall–Kier alpha value is -1.65. The third-order valence-electron chi connectivity index (χ3n) is 9.69. The molecule has 0 amide bonds. The molecule has 3 fully saturated rings. The lowest BCUT2D eigenvalue weighted by atomic mass is 9.46. The molecule has 9 atom stereocenters. The monoisotopic (exact) mass is 430 g/mol. The molecule has 0 bridgehead atoms. The Bertz CT molecular complexity index is 787. The lowest BCUT2D eigenvalue weighted by Gasteiger charge is -2.60. The third-order valence-corrected chi connectivity index (χ3v) is 9.69. The summed E-state index contributed by atoms with van der Waals surface area (Å²) in [6.07, 6.45) is 10.1. The van der Waals surface area contributed by atoms with Gasteiger partial charge in [0.25, 0.3) is 0 Å².